The van der Waals surface area contributed by atoms with Crippen molar-refractivity contribution < 1.29 is 22.7 Å². The van der Waals surface area contributed by atoms with Gasteiger partial charge in [-0.3, -0.25) is 4.99 Å². The van der Waals surface area contributed by atoms with Gasteiger partial charge in [-0.1, -0.05) is 30.3 Å². The third-order valence-electron chi connectivity index (χ3n) is 4.34. The van der Waals surface area contributed by atoms with Gasteiger partial charge in [0.1, 0.15) is 0 Å². The van der Waals surface area contributed by atoms with Gasteiger partial charge in [0, 0.05) is 30.9 Å². The van der Waals surface area contributed by atoms with E-state index in [1.54, 1.807) is 43.6 Å². The standard InChI is InChI=1S/C21H20N2O5S/c1-22-10-11-23-20-18(15-9-12-28-13-15)8-7-16(19(20)21(24)25)14-29(26,27)17-5-3-2-4-6-17/h2-10,12-13,23H,11,14H2,1H3,(H,24,25). The lowest BCUT2D eigenvalue weighted by molar-refractivity contribution is 0.0697. The molecule has 0 aliphatic heterocycles. The van der Waals surface area contributed by atoms with E-state index in [2.05, 4.69) is 10.3 Å². The van der Waals surface area contributed by atoms with Gasteiger partial charge in [-0.2, -0.15) is 0 Å². The molecule has 150 valence electrons. The maximum Gasteiger partial charge on any atom is 0.338 e. The fourth-order valence-electron chi connectivity index (χ4n) is 3.01. The lowest BCUT2D eigenvalue weighted by Gasteiger charge is -2.17. The number of sulfone groups is 1. The Hall–Kier alpha value is -3.39. The molecule has 0 saturated heterocycles. The number of benzene rings is 2. The number of anilines is 1. The van der Waals surface area contributed by atoms with Crippen molar-refractivity contribution >= 4 is 27.7 Å². The molecular weight excluding hydrogens is 392 g/mol. The fourth-order valence-corrected chi connectivity index (χ4v) is 4.40. The molecule has 0 bridgehead atoms. The summed E-state index contributed by atoms with van der Waals surface area (Å²) in [6.45, 7) is 0.288. The van der Waals surface area contributed by atoms with Crippen molar-refractivity contribution in [2.45, 2.75) is 10.6 Å². The first-order chi connectivity index (χ1) is 13.9. The van der Waals surface area contributed by atoms with Gasteiger partial charge in [-0.25, -0.2) is 13.2 Å². The monoisotopic (exact) mass is 412 g/mol. The molecule has 7 nitrogen and oxygen atoms in total. The van der Waals surface area contributed by atoms with Crippen LogP contribution in [-0.4, -0.2) is 39.3 Å². The van der Waals surface area contributed by atoms with Gasteiger partial charge in [-0.05, 0) is 23.8 Å². The van der Waals surface area contributed by atoms with Crippen molar-refractivity contribution in [2.75, 3.05) is 18.9 Å². The van der Waals surface area contributed by atoms with E-state index in [-0.39, 0.29) is 22.6 Å². The highest BCUT2D eigenvalue weighted by molar-refractivity contribution is 7.90. The average molecular weight is 412 g/mol. The Bertz CT molecular complexity index is 1120. The summed E-state index contributed by atoms with van der Waals surface area (Å²) in [5.41, 5.74) is 1.71. The summed E-state index contributed by atoms with van der Waals surface area (Å²) in [6, 6.07) is 12.9. The van der Waals surface area contributed by atoms with E-state index in [1.807, 2.05) is 0 Å². The van der Waals surface area contributed by atoms with Gasteiger partial charge >= 0.3 is 5.97 Å². The fraction of sp³-hybridized carbons (Fsp3) is 0.143. The molecule has 0 aliphatic rings. The summed E-state index contributed by atoms with van der Waals surface area (Å²) >= 11 is 0. The first-order valence-corrected chi connectivity index (χ1v) is 10.4. The maximum atomic E-state index is 12.8. The van der Waals surface area contributed by atoms with Crippen molar-refractivity contribution in [3.05, 3.63) is 72.2 Å². The molecule has 1 heterocycles. The minimum Gasteiger partial charge on any atom is -0.478 e. The number of carbonyl (C=O) groups is 1. The number of nitrogens with one attached hydrogen (secondary N) is 1. The lowest BCUT2D eigenvalue weighted by Crippen LogP contribution is -2.15. The lowest BCUT2D eigenvalue weighted by atomic mass is 9.98. The molecule has 0 fully saturated rings. The van der Waals surface area contributed by atoms with Crippen LogP contribution in [0.1, 0.15) is 15.9 Å². The highest BCUT2D eigenvalue weighted by Gasteiger charge is 2.24. The highest BCUT2D eigenvalue weighted by atomic mass is 32.2. The molecule has 0 spiro atoms. The van der Waals surface area contributed by atoms with Gasteiger partial charge in [0.05, 0.1) is 34.4 Å². The summed E-state index contributed by atoms with van der Waals surface area (Å²) in [7, 11) is -2.10. The third kappa shape index (κ3) is 4.55. The molecule has 2 aromatic carbocycles. The molecule has 29 heavy (non-hydrogen) atoms. The molecule has 0 aliphatic carbocycles. The third-order valence-corrected chi connectivity index (χ3v) is 6.02. The van der Waals surface area contributed by atoms with Crippen LogP contribution in [0.25, 0.3) is 11.1 Å². The van der Waals surface area contributed by atoms with Gasteiger partial charge in [0.2, 0.25) is 0 Å². The van der Waals surface area contributed by atoms with Crippen molar-refractivity contribution in [3.8, 4) is 11.1 Å². The Morgan fingerprint density at radius 2 is 1.93 bits per heavy atom. The maximum absolute atomic E-state index is 12.8. The Labute approximate surface area is 168 Å². The zero-order chi connectivity index (χ0) is 20.9. The van der Waals surface area contributed by atoms with E-state index in [0.717, 1.165) is 0 Å². The molecular formula is C21H20N2O5S. The quantitative estimate of drug-likeness (QED) is 0.546. The predicted molar refractivity (Wildman–Crippen MR) is 111 cm³/mol. The Kier molecular flexibility index (Phi) is 6.13. The second-order valence-electron chi connectivity index (χ2n) is 6.23. The number of aromatic carboxylic acids is 1. The van der Waals surface area contributed by atoms with Gasteiger partial charge < -0.3 is 14.8 Å². The van der Waals surface area contributed by atoms with Crippen LogP contribution in [0.15, 0.2) is 75.4 Å². The number of hydrogen-bond acceptors (Lipinski definition) is 6. The van der Waals surface area contributed by atoms with Crippen molar-refractivity contribution in [1.82, 2.24) is 0 Å². The largest absolute Gasteiger partial charge is 0.478 e. The zero-order valence-corrected chi connectivity index (χ0v) is 16.5. The average Bonchev–Trinajstić information content (AvgIpc) is 3.23. The number of carboxylic acid groups (broad SMARTS) is 1. The van der Waals surface area contributed by atoms with E-state index < -0.39 is 21.6 Å². The molecule has 0 amide bonds. The molecule has 3 rings (SSSR count). The Morgan fingerprint density at radius 3 is 2.55 bits per heavy atom. The topological polar surface area (TPSA) is 109 Å². The predicted octanol–water partition coefficient (Wildman–Crippen LogP) is 3.73. The normalized spacial score (nSPS) is 11.6. The molecule has 0 unspecified atom stereocenters. The number of hydrogen-bond donors (Lipinski definition) is 2. The summed E-state index contributed by atoms with van der Waals surface area (Å²) in [6.07, 6.45) is 4.58. The number of furan rings is 1. The van der Waals surface area contributed by atoms with Gasteiger partial charge in [-0.15, -0.1) is 0 Å². The van der Waals surface area contributed by atoms with Crippen LogP contribution >= 0.6 is 0 Å². The number of aliphatic imine (C=N–C) groups is 1. The molecule has 0 saturated carbocycles. The number of rotatable bonds is 8. The van der Waals surface area contributed by atoms with E-state index in [1.165, 1.54) is 30.7 Å². The second kappa shape index (κ2) is 8.74. The molecule has 8 heteroatoms. The summed E-state index contributed by atoms with van der Waals surface area (Å²) in [5.74, 6) is -1.65. The summed E-state index contributed by atoms with van der Waals surface area (Å²) < 4.78 is 30.7. The van der Waals surface area contributed by atoms with Crippen LogP contribution in [0, 0.1) is 0 Å². The summed E-state index contributed by atoms with van der Waals surface area (Å²) in [4.78, 5) is 16.2. The van der Waals surface area contributed by atoms with Gasteiger partial charge in [0.25, 0.3) is 0 Å². The van der Waals surface area contributed by atoms with E-state index in [4.69, 9.17) is 4.42 Å². The van der Waals surface area contributed by atoms with E-state index >= 15 is 0 Å². The van der Waals surface area contributed by atoms with E-state index in [9.17, 15) is 18.3 Å². The minimum absolute atomic E-state index is 0.0901. The van der Waals surface area contributed by atoms with Crippen LogP contribution < -0.4 is 5.32 Å². The Morgan fingerprint density at radius 1 is 1.17 bits per heavy atom. The van der Waals surface area contributed by atoms with Crippen LogP contribution in [-0.2, 0) is 15.6 Å². The molecule has 0 radical (unpaired) electrons. The van der Waals surface area contributed by atoms with Crippen molar-refractivity contribution in [1.29, 1.82) is 0 Å². The van der Waals surface area contributed by atoms with Crippen LogP contribution in [0.5, 0.6) is 0 Å². The highest BCUT2D eigenvalue weighted by Crippen LogP contribution is 2.35. The minimum atomic E-state index is -3.71. The number of nitrogens with zero attached hydrogens (tertiary/aromatic N) is 1. The van der Waals surface area contributed by atoms with Crippen molar-refractivity contribution in [3.63, 3.8) is 0 Å². The van der Waals surface area contributed by atoms with Crippen LogP contribution in [0.3, 0.4) is 0 Å². The molecule has 3 aromatic rings. The molecule has 0 atom stereocenters. The second-order valence-corrected chi connectivity index (χ2v) is 8.22. The van der Waals surface area contributed by atoms with Crippen LogP contribution in [0.4, 0.5) is 5.69 Å². The zero-order valence-electron chi connectivity index (χ0n) is 15.7. The number of carboxylic acids is 1. The smallest absolute Gasteiger partial charge is 0.338 e. The first-order valence-electron chi connectivity index (χ1n) is 8.78. The van der Waals surface area contributed by atoms with E-state index in [0.29, 0.717) is 16.8 Å². The van der Waals surface area contributed by atoms with Crippen LogP contribution in [0.2, 0.25) is 0 Å². The molecule has 2 N–H and O–H groups in total. The van der Waals surface area contributed by atoms with Gasteiger partial charge in [0.15, 0.2) is 9.84 Å². The molecule has 1 aromatic heterocycles. The summed E-state index contributed by atoms with van der Waals surface area (Å²) in [5, 5.41) is 13.0. The Balaban J connectivity index is 2.12. The van der Waals surface area contributed by atoms with Crippen molar-refractivity contribution in [2.24, 2.45) is 4.99 Å². The first kappa shape index (κ1) is 20.3. The SMILES string of the molecule is CN=CCNc1c(-c2ccoc2)ccc(CS(=O)(=O)c2ccccc2)c1C(=O)O.